The third kappa shape index (κ3) is 2.78. The number of alkyl halides is 3. The van der Waals surface area contributed by atoms with E-state index in [0.29, 0.717) is 22.9 Å². The number of halogens is 4. The van der Waals surface area contributed by atoms with Gasteiger partial charge in [-0.25, -0.2) is 0 Å². The van der Waals surface area contributed by atoms with Crippen molar-refractivity contribution >= 4 is 17.3 Å². The summed E-state index contributed by atoms with van der Waals surface area (Å²) in [6.45, 7) is 0.471. The van der Waals surface area contributed by atoms with Gasteiger partial charge < -0.3 is 10.1 Å². The zero-order chi connectivity index (χ0) is 15.0. The third-order valence-corrected chi connectivity index (χ3v) is 3.61. The highest BCUT2D eigenvalue weighted by molar-refractivity contribution is 6.32. The Morgan fingerprint density at radius 1 is 1.10 bits per heavy atom. The second kappa shape index (κ2) is 5.15. The Morgan fingerprint density at radius 2 is 1.81 bits per heavy atom. The van der Waals surface area contributed by atoms with E-state index in [2.05, 4.69) is 5.32 Å². The average Bonchev–Trinajstić information content (AvgIpc) is 2.47. The predicted molar refractivity (Wildman–Crippen MR) is 74.8 cm³/mol. The van der Waals surface area contributed by atoms with Crippen LogP contribution in [0.3, 0.4) is 0 Å². The zero-order valence-corrected chi connectivity index (χ0v) is 11.5. The number of hydrogen-bond acceptors (Lipinski definition) is 2. The number of rotatable bonds is 1. The molecule has 2 nitrogen and oxygen atoms in total. The third-order valence-electron chi connectivity index (χ3n) is 3.31. The first-order valence-corrected chi connectivity index (χ1v) is 6.69. The number of anilines is 1. The maximum atomic E-state index is 12.6. The van der Waals surface area contributed by atoms with Gasteiger partial charge in [-0.1, -0.05) is 29.8 Å². The van der Waals surface area contributed by atoms with Crippen LogP contribution in [0.2, 0.25) is 5.02 Å². The minimum Gasteiger partial charge on any atom is -0.480 e. The van der Waals surface area contributed by atoms with E-state index in [1.54, 1.807) is 12.1 Å². The van der Waals surface area contributed by atoms with Crippen molar-refractivity contribution in [2.24, 2.45) is 0 Å². The lowest BCUT2D eigenvalue weighted by Gasteiger charge is -2.28. The van der Waals surface area contributed by atoms with E-state index >= 15 is 0 Å². The minimum absolute atomic E-state index is 0.375. The Kier molecular flexibility index (Phi) is 3.45. The van der Waals surface area contributed by atoms with Crippen molar-refractivity contribution < 1.29 is 17.9 Å². The number of fused-ring (bicyclic) bond motifs is 1. The molecule has 0 aliphatic carbocycles. The minimum atomic E-state index is -4.33. The van der Waals surface area contributed by atoms with Crippen LogP contribution < -0.4 is 10.1 Å². The van der Waals surface area contributed by atoms with Crippen LogP contribution in [0.5, 0.6) is 5.75 Å². The van der Waals surface area contributed by atoms with Gasteiger partial charge in [0.05, 0.1) is 22.8 Å². The van der Waals surface area contributed by atoms with Crippen molar-refractivity contribution in [1.29, 1.82) is 0 Å². The summed E-state index contributed by atoms with van der Waals surface area (Å²) >= 11 is 6.07. The largest absolute Gasteiger partial charge is 0.480 e. The van der Waals surface area contributed by atoms with Crippen molar-refractivity contribution in [2.75, 3.05) is 11.9 Å². The fourth-order valence-corrected chi connectivity index (χ4v) is 2.45. The molecule has 0 spiro atoms. The standard InChI is InChI=1S/C15H11ClF3NO/c16-11-2-1-3-12-14(11)21-13(8-20-12)9-4-6-10(7-5-9)15(17,18)19/h1-7,13,20H,8H2/t13-/m0/s1. The summed E-state index contributed by atoms with van der Waals surface area (Å²) in [6, 6.07) is 10.3. The van der Waals surface area contributed by atoms with Gasteiger partial charge in [0.25, 0.3) is 0 Å². The fourth-order valence-electron chi connectivity index (χ4n) is 2.23. The number of hydrogen-bond donors (Lipinski definition) is 1. The molecule has 0 saturated heterocycles. The van der Waals surface area contributed by atoms with Crippen LogP contribution >= 0.6 is 11.6 Å². The molecule has 0 amide bonds. The van der Waals surface area contributed by atoms with E-state index in [1.807, 2.05) is 6.07 Å². The molecule has 1 aliphatic rings. The topological polar surface area (TPSA) is 21.3 Å². The summed E-state index contributed by atoms with van der Waals surface area (Å²) in [5.74, 6) is 0.523. The summed E-state index contributed by atoms with van der Waals surface area (Å²) in [4.78, 5) is 0. The molecule has 2 aromatic rings. The first-order valence-electron chi connectivity index (χ1n) is 6.31. The van der Waals surface area contributed by atoms with E-state index in [1.165, 1.54) is 12.1 Å². The number of benzene rings is 2. The zero-order valence-electron chi connectivity index (χ0n) is 10.7. The Hall–Kier alpha value is -1.88. The van der Waals surface area contributed by atoms with Crippen LogP contribution in [-0.2, 0) is 6.18 Å². The molecule has 0 aromatic heterocycles. The van der Waals surface area contributed by atoms with Gasteiger partial charge in [0, 0.05) is 0 Å². The first-order chi connectivity index (χ1) is 9.95. The number of ether oxygens (including phenoxy) is 1. The monoisotopic (exact) mass is 313 g/mol. The van der Waals surface area contributed by atoms with Gasteiger partial charge in [0.1, 0.15) is 6.10 Å². The van der Waals surface area contributed by atoms with E-state index in [9.17, 15) is 13.2 Å². The Labute approximate surface area is 124 Å². The molecule has 0 bridgehead atoms. The quantitative estimate of drug-likeness (QED) is 0.808. The summed E-state index contributed by atoms with van der Waals surface area (Å²) in [7, 11) is 0. The summed E-state index contributed by atoms with van der Waals surface area (Å²) < 4.78 is 43.5. The van der Waals surface area contributed by atoms with Crippen LogP contribution in [0.15, 0.2) is 42.5 Å². The van der Waals surface area contributed by atoms with Crippen molar-refractivity contribution in [1.82, 2.24) is 0 Å². The van der Waals surface area contributed by atoms with E-state index < -0.39 is 11.7 Å². The van der Waals surface area contributed by atoms with E-state index in [0.717, 1.165) is 17.8 Å². The van der Waals surface area contributed by atoms with Crippen molar-refractivity contribution in [3.05, 3.63) is 58.6 Å². The smallest absolute Gasteiger partial charge is 0.416 e. The lowest BCUT2D eigenvalue weighted by Crippen LogP contribution is -2.23. The maximum Gasteiger partial charge on any atom is 0.416 e. The maximum absolute atomic E-state index is 12.6. The number of nitrogens with one attached hydrogen (secondary N) is 1. The fraction of sp³-hybridized carbons (Fsp3) is 0.200. The van der Waals surface area contributed by atoms with Gasteiger partial charge in [-0.2, -0.15) is 13.2 Å². The molecule has 0 radical (unpaired) electrons. The highest BCUT2D eigenvalue weighted by Gasteiger charge is 2.31. The van der Waals surface area contributed by atoms with Crippen molar-refractivity contribution in [3.63, 3.8) is 0 Å². The predicted octanol–water partition coefficient (Wildman–Crippen LogP) is 4.90. The Morgan fingerprint density at radius 3 is 2.48 bits per heavy atom. The Balaban J connectivity index is 1.85. The molecular formula is C15H11ClF3NO. The molecule has 0 saturated carbocycles. The van der Waals surface area contributed by atoms with Crippen LogP contribution in [0.4, 0.5) is 18.9 Å². The molecule has 110 valence electrons. The Bertz CT molecular complexity index is 655. The molecule has 21 heavy (non-hydrogen) atoms. The van der Waals surface area contributed by atoms with Gasteiger partial charge in [-0.15, -0.1) is 0 Å². The lowest BCUT2D eigenvalue weighted by molar-refractivity contribution is -0.137. The van der Waals surface area contributed by atoms with Gasteiger partial charge in [0.15, 0.2) is 5.75 Å². The highest BCUT2D eigenvalue weighted by atomic mass is 35.5. The van der Waals surface area contributed by atoms with Crippen molar-refractivity contribution in [2.45, 2.75) is 12.3 Å². The summed E-state index contributed by atoms with van der Waals surface area (Å²) in [6.07, 6.45) is -4.71. The molecule has 2 aromatic carbocycles. The van der Waals surface area contributed by atoms with Gasteiger partial charge in [-0.3, -0.25) is 0 Å². The molecular weight excluding hydrogens is 303 g/mol. The van der Waals surface area contributed by atoms with Crippen LogP contribution in [0, 0.1) is 0 Å². The average molecular weight is 314 g/mol. The van der Waals surface area contributed by atoms with Crippen molar-refractivity contribution in [3.8, 4) is 5.75 Å². The summed E-state index contributed by atoms with van der Waals surface area (Å²) in [5.41, 5.74) is 0.778. The molecule has 3 rings (SSSR count). The SMILES string of the molecule is FC(F)(F)c1ccc([C@@H]2CNc3cccc(Cl)c3O2)cc1. The molecule has 1 N–H and O–H groups in total. The molecule has 6 heteroatoms. The molecule has 0 fully saturated rings. The molecule has 0 unspecified atom stereocenters. The van der Waals surface area contributed by atoms with Gasteiger partial charge >= 0.3 is 6.18 Å². The molecule has 1 aliphatic heterocycles. The molecule has 1 atom stereocenters. The lowest BCUT2D eigenvalue weighted by atomic mass is 10.1. The van der Waals surface area contributed by atoms with E-state index in [4.69, 9.17) is 16.3 Å². The first kappa shape index (κ1) is 14.1. The molecule has 1 heterocycles. The summed E-state index contributed by atoms with van der Waals surface area (Å²) in [5, 5.41) is 3.63. The van der Waals surface area contributed by atoms with Gasteiger partial charge in [0.2, 0.25) is 0 Å². The second-order valence-corrected chi connectivity index (χ2v) is 5.13. The van der Waals surface area contributed by atoms with E-state index in [-0.39, 0.29) is 6.10 Å². The second-order valence-electron chi connectivity index (χ2n) is 4.72. The number of para-hydroxylation sites is 1. The van der Waals surface area contributed by atoms with Gasteiger partial charge in [-0.05, 0) is 29.8 Å². The highest BCUT2D eigenvalue weighted by Crippen LogP contribution is 2.40. The van der Waals surface area contributed by atoms with Crippen LogP contribution in [-0.4, -0.2) is 6.54 Å². The van der Waals surface area contributed by atoms with Crippen LogP contribution in [0.1, 0.15) is 17.2 Å². The normalized spacial score (nSPS) is 17.6. The van der Waals surface area contributed by atoms with Crippen LogP contribution in [0.25, 0.3) is 0 Å².